The van der Waals surface area contributed by atoms with E-state index in [1.165, 1.54) is 236 Å². The van der Waals surface area contributed by atoms with E-state index in [-0.39, 0.29) is 10.8 Å². The molecule has 0 atom stereocenters. The van der Waals surface area contributed by atoms with E-state index in [0.717, 1.165) is 81.5 Å². The molecule has 8 bridgehead atoms. The van der Waals surface area contributed by atoms with Gasteiger partial charge in [0.2, 0.25) is 0 Å². The van der Waals surface area contributed by atoms with E-state index >= 15 is 0 Å². The van der Waals surface area contributed by atoms with Crippen LogP contribution in [0.25, 0.3) is 151 Å². The Morgan fingerprint density at radius 2 is 0.531 bits per heavy atom. The molecule has 2 heterocycles. The second-order valence-electron chi connectivity index (χ2n) is 43.6. The maximum absolute atomic E-state index is 2.73. The van der Waals surface area contributed by atoms with Crippen molar-refractivity contribution in [3.63, 3.8) is 0 Å². The molecule has 10 aliphatic carbocycles. The lowest BCUT2D eigenvalue weighted by Gasteiger charge is -2.61. The highest BCUT2D eigenvalue weighted by Crippen LogP contribution is 2.72. The summed E-state index contributed by atoms with van der Waals surface area (Å²) in [5.74, 6) is 6.70. The Hall–Kier alpha value is -15.6. The Balaban J connectivity index is 0.000000137. The summed E-state index contributed by atoms with van der Waals surface area (Å²) in [6, 6.07) is 184. The topological polar surface area (TPSA) is 6.48 Å². The van der Waals surface area contributed by atoms with Gasteiger partial charge in [0, 0.05) is 85.3 Å². The number of hydrogen-bond donors (Lipinski definition) is 0. The number of thiophene rings is 2. The highest BCUT2D eigenvalue weighted by Gasteiger charge is 2.64. The summed E-state index contributed by atoms with van der Waals surface area (Å²) in [4.78, 5) is 4.93. The van der Waals surface area contributed by atoms with E-state index in [4.69, 9.17) is 0 Å². The second kappa shape index (κ2) is 34.8. The van der Waals surface area contributed by atoms with Crippen LogP contribution in [0.5, 0.6) is 0 Å². The lowest BCUT2D eigenvalue weighted by atomic mass is 9.42. The molecule has 33 rings (SSSR count). The van der Waals surface area contributed by atoms with Crippen LogP contribution in [0.2, 0.25) is 0 Å². The molecule has 2 spiro atoms. The fraction of sp³-hybridized carbons (Fsp3) is 0.141. The predicted octanol–water partition coefficient (Wildman–Crippen LogP) is 36.2. The average Bonchev–Trinajstić information content (AvgIpc) is 1.52. The van der Waals surface area contributed by atoms with E-state index < -0.39 is 8.07 Å². The van der Waals surface area contributed by atoms with E-state index in [2.05, 4.69) is 495 Å². The van der Waals surface area contributed by atoms with Crippen LogP contribution in [0, 0.1) is 47.3 Å². The molecule has 0 saturated heterocycles. The minimum atomic E-state index is -2.73. The molecule has 0 N–H and O–H groups in total. The lowest BCUT2D eigenvalue weighted by Crippen LogP contribution is -2.74. The first-order valence-corrected chi connectivity index (χ1v) is 57.1. The van der Waals surface area contributed by atoms with Crippen LogP contribution in [0.1, 0.15) is 86.5 Å². The average molecular weight is 1930 g/mol. The largest absolute Gasteiger partial charge is 0.310 e. The van der Waals surface area contributed by atoms with Crippen molar-refractivity contribution in [3.8, 4) is 89.0 Å². The maximum atomic E-state index is 2.57. The van der Waals surface area contributed by atoms with Gasteiger partial charge >= 0.3 is 0 Å². The molecule has 2 nitrogen and oxygen atoms in total. The van der Waals surface area contributed by atoms with Gasteiger partial charge in [0.15, 0.2) is 8.07 Å². The number of nitrogens with zero attached hydrogens (tertiary/aromatic N) is 2. The molecule has 0 amide bonds. The smallest absolute Gasteiger partial charge is 0.179 e. The first kappa shape index (κ1) is 86.8. The molecule has 8 saturated carbocycles. The van der Waals surface area contributed by atoms with Gasteiger partial charge in [-0.15, -0.1) is 22.7 Å². The van der Waals surface area contributed by atoms with Crippen molar-refractivity contribution in [1.29, 1.82) is 0 Å². The molecule has 21 aromatic carbocycles. The van der Waals surface area contributed by atoms with Crippen molar-refractivity contribution in [2.45, 2.75) is 75.0 Å². The molecule has 702 valence electrons. The first-order valence-electron chi connectivity index (χ1n) is 53.5. The van der Waals surface area contributed by atoms with Crippen LogP contribution in [0.4, 0.5) is 34.1 Å². The van der Waals surface area contributed by atoms with Gasteiger partial charge in [-0.05, 0) is 374 Å². The molecule has 10 aliphatic rings. The third-order valence-electron chi connectivity index (χ3n) is 36.3. The number of rotatable bonds is 16. The zero-order chi connectivity index (χ0) is 96.6. The number of benzene rings is 21. The monoisotopic (exact) mass is 1930 g/mol. The maximum Gasteiger partial charge on any atom is 0.179 e. The lowest BCUT2D eigenvalue weighted by molar-refractivity contribution is -0.0399. The molecule has 5 heteroatoms. The molecule has 147 heavy (non-hydrogen) atoms. The number of fused-ring (bicyclic) bond motifs is 14. The highest BCUT2D eigenvalue weighted by molar-refractivity contribution is 7.26. The Kier molecular flexibility index (Phi) is 20.6. The van der Waals surface area contributed by atoms with E-state index in [1.807, 2.05) is 22.7 Å². The SMILES string of the molecule is c1ccc(-c2ccc(N(c3ccc(-c4cccc5ccccc45)cc3)c3ccc4sc5cc(-c6cccc7c6C6(c8ccccc8-7)C7CC8CC(C7)CC6C8)ccc5c4c3)cc2-c2ccccc2)cc1.c1ccc([Si](c2ccccc2)(c2ccccc2)c2ccc(N(c3ccc(-c4cccc5ccccc45)cc3)c3ccc4sc5ccc(-c6ccc7c(c6)-c6ccccc6C76C7CC8CC(C7)CC6C8)cc5c4c3)cc2)cc1. The molecular weight excluding hydrogens is 1830 g/mol. The molecular formula is C142H108N2S2Si. The Bertz CT molecular complexity index is 8960. The molecule has 0 radical (unpaired) electrons. The van der Waals surface area contributed by atoms with E-state index in [0.29, 0.717) is 0 Å². The third kappa shape index (κ3) is 13.8. The summed E-state index contributed by atoms with van der Waals surface area (Å²) in [5.41, 5.74) is 34.7. The van der Waals surface area contributed by atoms with Gasteiger partial charge in [-0.1, -0.05) is 376 Å². The summed E-state index contributed by atoms with van der Waals surface area (Å²) in [6.07, 6.45) is 14.1. The van der Waals surface area contributed by atoms with Crippen LogP contribution >= 0.6 is 22.7 Å². The minimum Gasteiger partial charge on any atom is -0.310 e. The van der Waals surface area contributed by atoms with Crippen LogP contribution < -0.4 is 30.5 Å². The third-order valence-corrected chi connectivity index (χ3v) is 43.3. The standard InChI is InChI=1S/C74H57NSSi.C68H51NS/c1-4-17-60(18-5-1)77(61-19-6-2-7-20-61,62-21-8-3-9-22-62)63-36-33-58(34-37-63)75(57-31-27-52(28-32-57)65-25-14-16-51-15-10-11-23-64(51)65)59-35-40-73-69(48-59)68-47-54(30-39-72(68)76-73)53-29-38-71-67(46-53)66-24-12-13-26-70(66)74(71)55-42-49-41-50(44-55)45-56(74)43-49;1-3-13-45(14-4-1)57-33-30-53(41-62(57)47-15-5-2-6-16-47)69(52-28-25-48(26-29-52)56-21-11-18-46-17-7-8-19-55(46)56)54-31-34-65-63(42-54)60-32-27-49(40-66(60)70-65)58-22-12-23-61-59-20-9-10-24-64(59)68(67(58)61)50-36-43-35-44(38-50)39-51(68)37-43/h1-40,46-50,55-56H,41-45H2;1-34,40-44,50-51H,35-39H2. The van der Waals surface area contributed by atoms with Gasteiger partial charge in [0.05, 0.1) is 0 Å². The molecule has 2 aromatic heterocycles. The van der Waals surface area contributed by atoms with Gasteiger partial charge in [-0.25, -0.2) is 0 Å². The summed E-state index contributed by atoms with van der Waals surface area (Å²) in [5, 5.41) is 15.7. The predicted molar refractivity (Wildman–Crippen MR) is 626 cm³/mol. The van der Waals surface area contributed by atoms with Crippen molar-refractivity contribution in [2.24, 2.45) is 47.3 Å². The highest BCUT2D eigenvalue weighted by atomic mass is 32.1. The van der Waals surface area contributed by atoms with E-state index in [9.17, 15) is 0 Å². The Morgan fingerprint density at radius 3 is 1.08 bits per heavy atom. The summed E-state index contributed by atoms with van der Waals surface area (Å²) in [7, 11) is -2.73. The first-order chi connectivity index (χ1) is 72.8. The van der Waals surface area contributed by atoms with Gasteiger partial charge < -0.3 is 9.80 Å². The fourth-order valence-electron chi connectivity index (χ4n) is 30.7. The minimum absolute atomic E-state index is 0.121. The zero-order valence-electron chi connectivity index (χ0n) is 82.1. The normalized spacial score (nSPS) is 20.3. The molecule has 0 unspecified atom stereocenters. The van der Waals surface area contributed by atoms with Crippen LogP contribution in [-0.4, -0.2) is 8.07 Å². The van der Waals surface area contributed by atoms with Crippen LogP contribution in [0.15, 0.2) is 485 Å². The van der Waals surface area contributed by atoms with Crippen molar-refractivity contribution in [1.82, 2.24) is 0 Å². The molecule has 0 aliphatic heterocycles. The zero-order valence-corrected chi connectivity index (χ0v) is 84.7. The second-order valence-corrected chi connectivity index (χ2v) is 49.6. The summed E-state index contributed by atoms with van der Waals surface area (Å²) < 4.78 is 5.29. The molecule has 23 aromatic rings. The van der Waals surface area contributed by atoms with Crippen molar-refractivity contribution in [2.75, 3.05) is 9.80 Å². The van der Waals surface area contributed by atoms with Crippen molar-refractivity contribution < 1.29 is 0 Å². The Morgan fingerprint density at radius 1 is 0.184 bits per heavy atom. The quantitative estimate of drug-likeness (QED) is 0.0703. The molecule has 8 fully saturated rings. The van der Waals surface area contributed by atoms with Crippen LogP contribution in [-0.2, 0) is 10.8 Å². The van der Waals surface area contributed by atoms with Crippen molar-refractivity contribution >= 4 is 148 Å². The fourth-order valence-corrected chi connectivity index (χ4v) is 37.6. The number of anilines is 6. The van der Waals surface area contributed by atoms with Crippen LogP contribution in [0.3, 0.4) is 0 Å². The Labute approximate surface area is 869 Å². The van der Waals surface area contributed by atoms with Gasteiger partial charge in [0.25, 0.3) is 0 Å². The van der Waals surface area contributed by atoms with Gasteiger partial charge in [-0.3, -0.25) is 0 Å². The van der Waals surface area contributed by atoms with E-state index in [1.54, 1.807) is 22.3 Å². The summed E-state index contributed by atoms with van der Waals surface area (Å²) >= 11 is 3.84. The van der Waals surface area contributed by atoms with Gasteiger partial charge in [0.1, 0.15) is 0 Å². The number of hydrogen-bond acceptors (Lipinski definition) is 4. The summed E-state index contributed by atoms with van der Waals surface area (Å²) in [6.45, 7) is 0. The van der Waals surface area contributed by atoms with Crippen molar-refractivity contribution in [3.05, 3.63) is 508 Å². The van der Waals surface area contributed by atoms with Gasteiger partial charge in [-0.2, -0.15) is 0 Å².